The Balaban J connectivity index is 1.57. The molecule has 0 unspecified atom stereocenters. The first-order chi connectivity index (χ1) is 8.78. The van der Waals surface area contributed by atoms with Gasteiger partial charge in [-0.3, -0.25) is 4.99 Å². The zero-order chi connectivity index (χ0) is 12.5. The highest BCUT2D eigenvalue weighted by Crippen LogP contribution is 2.38. The van der Waals surface area contributed by atoms with Crippen molar-refractivity contribution in [3.05, 3.63) is 12.7 Å². The second-order valence-electron chi connectivity index (χ2n) is 5.15. The molecule has 0 bridgehead atoms. The van der Waals surface area contributed by atoms with Crippen molar-refractivity contribution in [3.63, 3.8) is 0 Å². The van der Waals surface area contributed by atoms with Gasteiger partial charge in [0.15, 0.2) is 5.17 Å². The Morgan fingerprint density at radius 2 is 2.39 bits per heavy atom. The van der Waals surface area contributed by atoms with E-state index in [2.05, 4.69) is 11.5 Å². The number of hydrogen-bond donors (Lipinski definition) is 1. The van der Waals surface area contributed by atoms with E-state index in [0.717, 1.165) is 31.1 Å². The summed E-state index contributed by atoms with van der Waals surface area (Å²) in [6, 6.07) is 0.290. The zero-order valence-electron chi connectivity index (χ0n) is 10.5. The Morgan fingerprint density at radius 1 is 1.56 bits per heavy atom. The van der Waals surface area contributed by atoms with Gasteiger partial charge in [0.1, 0.15) is 5.44 Å². The number of hydrogen-bond acceptors (Lipinski definition) is 5. The van der Waals surface area contributed by atoms with Crippen molar-refractivity contribution in [2.45, 2.75) is 49.4 Å². The van der Waals surface area contributed by atoms with Crippen molar-refractivity contribution >= 4 is 16.9 Å². The van der Waals surface area contributed by atoms with Crippen LogP contribution in [0.4, 0.5) is 0 Å². The zero-order valence-corrected chi connectivity index (χ0v) is 11.3. The summed E-state index contributed by atoms with van der Waals surface area (Å²) in [7, 11) is 0. The molecule has 2 fully saturated rings. The van der Waals surface area contributed by atoms with E-state index < -0.39 is 6.10 Å². The van der Waals surface area contributed by atoms with Gasteiger partial charge in [-0.2, -0.15) is 0 Å². The highest BCUT2D eigenvalue weighted by atomic mass is 32.2. The Kier molecular flexibility index (Phi) is 3.63. The smallest absolute Gasteiger partial charge is 0.162 e. The highest BCUT2D eigenvalue weighted by Gasteiger charge is 2.40. The van der Waals surface area contributed by atoms with Crippen molar-refractivity contribution < 1.29 is 9.84 Å². The van der Waals surface area contributed by atoms with Crippen molar-refractivity contribution in [2.24, 2.45) is 4.99 Å². The van der Waals surface area contributed by atoms with Crippen molar-refractivity contribution in [1.29, 1.82) is 0 Å². The molecule has 2 saturated heterocycles. The molecular weight excluding hydrogens is 248 g/mol. The number of nitrogens with zero attached hydrogens (tertiary/aromatic N) is 2. The summed E-state index contributed by atoms with van der Waals surface area (Å²) < 4.78 is 6.00. The summed E-state index contributed by atoms with van der Waals surface area (Å²) in [6.07, 6.45) is 5.08. The maximum Gasteiger partial charge on any atom is 0.162 e. The lowest BCUT2D eigenvalue weighted by Crippen LogP contribution is -2.41. The van der Waals surface area contributed by atoms with Crippen molar-refractivity contribution in [1.82, 2.24) is 4.90 Å². The Morgan fingerprint density at radius 3 is 3.06 bits per heavy atom. The van der Waals surface area contributed by atoms with Gasteiger partial charge in [-0.25, -0.2) is 0 Å². The first kappa shape index (κ1) is 12.5. The van der Waals surface area contributed by atoms with Crippen LogP contribution in [0.1, 0.15) is 25.7 Å². The average Bonchev–Trinajstić information content (AvgIpc) is 2.68. The third kappa shape index (κ3) is 2.31. The quantitative estimate of drug-likeness (QED) is 0.790. The summed E-state index contributed by atoms with van der Waals surface area (Å²) >= 11 is 1.73. The lowest BCUT2D eigenvalue weighted by molar-refractivity contribution is -0.0779. The second-order valence-corrected chi connectivity index (χ2v) is 6.21. The van der Waals surface area contributed by atoms with Crippen LogP contribution >= 0.6 is 11.8 Å². The van der Waals surface area contributed by atoms with Gasteiger partial charge >= 0.3 is 0 Å². The average molecular weight is 268 g/mol. The number of aliphatic hydroxyl groups is 1. The molecule has 0 spiro atoms. The third-order valence-corrected chi connectivity index (χ3v) is 5.06. The van der Waals surface area contributed by atoms with Crippen molar-refractivity contribution in [3.8, 4) is 0 Å². The largest absolute Gasteiger partial charge is 0.390 e. The fourth-order valence-electron chi connectivity index (χ4n) is 2.58. The Bertz CT molecular complexity index is 357. The highest BCUT2D eigenvalue weighted by molar-refractivity contribution is 8.14. The van der Waals surface area contributed by atoms with Crippen LogP contribution in [0.5, 0.6) is 0 Å². The number of fused-ring (bicyclic) bond motifs is 1. The van der Waals surface area contributed by atoms with E-state index in [4.69, 9.17) is 9.73 Å². The van der Waals surface area contributed by atoms with E-state index in [1.807, 2.05) is 0 Å². The van der Waals surface area contributed by atoms with Crippen LogP contribution in [0.2, 0.25) is 0 Å². The number of aliphatic imine (C=N–C) groups is 1. The van der Waals surface area contributed by atoms with E-state index in [0.29, 0.717) is 6.42 Å². The van der Waals surface area contributed by atoms with Crippen LogP contribution in [0.25, 0.3) is 0 Å². The number of likely N-dealkylation sites (tertiary alicyclic amines) is 1. The molecule has 100 valence electrons. The number of thioether (sulfide) groups is 1. The molecule has 0 aromatic rings. The summed E-state index contributed by atoms with van der Waals surface area (Å²) in [5, 5.41) is 11.1. The predicted molar refractivity (Wildman–Crippen MR) is 73.7 cm³/mol. The molecule has 1 N–H and O–H groups in total. The van der Waals surface area contributed by atoms with Gasteiger partial charge in [0.05, 0.1) is 18.2 Å². The van der Waals surface area contributed by atoms with Crippen LogP contribution in [0.15, 0.2) is 17.6 Å². The SMILES string of the molecule is C=CC[C@H](O)[C@H]1CC[C@H]2N=C(N3CCC3)S[C@H]2O1. The molecule has 3 heterocycles. The standard InChI is InChI=1S/C13H20N2O2S/c1-2-4-10(16)11-6-5-9-12(17-11)18-13(14-9)15-7-3-8-15/h2,9-12,16H,1,3-8H2/t9-,10+,11-,12-/m1/s1. The van der Waals surface area contributed by atoms with E-state index in [9.17, 15) is 5.11 Å². The van der Waals surface area contributed by atoms with Gasteiger partial charge in [-0.15, -0.1) is 6.58 Å². The van der Waals surface area contributed by atoms with Crippen LogP contribution in [-0.2, 0) is 4.74 Å². The molecule has 0 saturated carbocycles. The molecule has 0 amide bonds. The van der Waals surface area contributed by atoms with E-state index >= 15 is 0 Å². The van der Waals surface area contributed by atoms with Gasteiger partial charge in [-0.05, 0) is 25.7 Å². The lowest BCUT2D eigenvalue weighted by atomic mass is 9.99. The molecule has 3 aliphatic rings. The maximum atomic E-state index is 9.97. The summed E-state index contributed by atoms with van der Waals surface area (Å²) in [5.74, 6) is 0. The summed E-state index contributed by atoms with van der Waals surface area (Å²) in [4.78, 5) is 7.07. The minimum absolute atomic E-state index is 0.0531. The molecule has 3 aliphatic heterocycles. The molecule has 3 rings (SSSR count). The Hall–Kier alpha value is -0.520. The summed E-state index contributed by atoms with van der Waals surface area (Å²) in [6.45, 7) is 5.93. The molecule has 4 nitrogen and oxygen atoms in total. The van der Waals surface area contributed by atoms with E-state index in [1.165, 1.54) is 6.42 Å². The number of ether oxygens (including phenoxy) is 1. The lowest BCUT2D eigenvalue weighted by Gasteiger charge is -2.34. The summed E-state index contributed by atoms with van der Waals surface area (Å²) in [5.41, 5.74) is 0.110. The third-order valence-electron chi connectivity index (χ3n) is 3.83. The van der Waals surface area contributed by atoms with Gasteiger partial charge in [0, 0.05) is 13.1 Å². The molecule has 4 atom stereocenters. The molecule has 5 heteroatoms. The maximum absolute atomic E-state index is 9.97. The van der Waals surface area contributed by atoms with E-state index in [1.54, 1.807) is 17.8 Å². The number of aliphatic hydroxyl groups excluding tert-OH is 1. The van der Waals surface area contributed by atoms with Crippen LogP contribution in [-0.4, -0.2) is 51.9 Å². The molecular formula is C13H20N2O2S. The number of amidine groups is 1. The normalized spacial score (nSPS) is 36.6. The molecule has 18 heavy (non-hydrogen) atoms. The van der Waals surface area contributed by atoms with E-state index in [-0.39, 0.29) is 17.6 Å². The predicted octanol–water partition coefficient (Wildman–Crippen LogP) is 1.61. The molecule has 0 aromatic carbocycles. The van der Waals surface area contributed by atoms with Crippen LogP contribution < -0.4 is 0 Å². The molecule has 0 aliphatic carbocycles. The van der Waals surface area contributed by atoms with Gasteiger partial charge in [0.25, 0.3) is 0 Å². The topological polar surface area (TPSA) is 45.1 Å². The minimum Gasteiger partial charge on any atom is -0.390 e. The molecule has 0 radical (unpaired) electrons. The van der Waals surface area contributed by atoms with Gasteiger partial charge in [-0.1, -0.05) is 17.8 Å². The van der Waals surface area contributed by atoms with Crippen LogP contribution in [0, 0.1) is 0 Å². The van der Waals surface area contributed by atoms with Gasteiger partial charge < -0.3 is 14.7 Å². The monoisotopic (exact) mass is 268 g/mol. The fourth-order valence-corrected chi connectivity index (χ4v) is 3.87. The van der Waals surface area contributed by atoms with Crippen molar-refractivity contribution in [2.75, 3.05) is 13.1 Å². The Labute approximate surface area is 112 Å². The first-order valence-electron chi connectivity index (χ1n) is 6.72. The second kappa shape index (κ2) is 5.23. The fraction of sp³-hybridized carbons (Fsp3) is 0.769. The molecule has 0 aromatic heterocycles. The minimum atomic E-state index is -0.419. The number of rotatable bonds is 3. The first-order valence-corrected chi connectivity index (χ1v) is 7.59. The van der Waals surface area contributed by atoms with Gasteiger partial charge in [0.2, 0.25) is 0 Å². The van der Waals surface area contributed by atoms with Crippen LogP contribution in [0.3, 0.4) is 0 Å².